The zero-order chi connectivity index (χ0) is 19.2. The van der Waals surface area contributed by atoms with Crippen molar-refractivity contribution in [3.8, 4) is 0 Å². The Morgan fingerprint density at radius 3 is 2.52 bits per heavy atom. The molecule has 0 amide bonds. The first-order valence-corrected chi connectivity index (χ1v) is 8.56. The van der Waals surface area contributed by atoms with E-state index in [0.29, 0.717) is 12.2 Å². The van der Waals surface area contributed by atoms with E-state index >= 15 is 0 Å². The van der Waals surface area contributed by atoms with Crippen molar-refractivity contribution >= 4 is 12.7 Å². The highest BCUT2D eigenvalue weighted by atomic mass is 16.6. The quantitative estimate of drug-likeness (QED) is 0.408. The zero-order valence-corrected chi connectivity index (χ0v) is 14.5. The van der Waals surface area contributed by atoms with Crippen molar-refractivity contribution in [2.45, 2.75) is 36.9 Å². The Morgan fingerprint density at radius 1 is 1.11 bits per heavy atom. The van der Waals surface area contributed by atoms with E-state index in [2.05, 4.69) is 9.98 Å². The first-order valence-electron chi connectivity index (χ1n) is 8.56. The molecule has 1 saturated heterocycles. The summed E-state index contributed by atoms with van der Waals surface area (Å²) in [7, 11) is 0. The minimum atomic E-state index is -1.36. The summed E-state index contributed by atoms with van der Waals surface area (Å²) in [6, 6.07) is 9.65. The minimum Gasteiger partial charge on any atom is -0.394 e. The lowest BCUT2D eigenvalue weighted by Gasteiger charge is -2.47. The van der Waals surface area contributed by atoms with E-state index in [4.69, 9.17) is 16.2 Å². The molecule has 1 aromatic carbocycles. The first kappa shape index (κ1) is 17.9. The predicted octanol–water partition coefficient (Wildman–Crippen LogP) is -1.95. The van der Waals surface area contributed by atoms with Gasteiger partial charge in [-0.3, -0.25) is 10.6 Å². The van der Waals surface area contributed by atoms with Crippen molar-refractivity contribution in [3.05, 3.63) is 47.4 Å². The molecule has 1 unspecified atom stereocenters. The second-order valence-corrected chi connectivity index (χ2v) is 6.70. The molecule has 0 aromatic heterocycles. The molecular weight excluding hydrogens is 352 g/mol. The molecule has 1 aromatic rings. The number of hydrogen-bond donors (Lipinski definition) is 5. The number of ether oxygens (including phenoxy) is 1. The van der Waals surface area contributed by atoms with Gasteiger partial charge in [0.05, 0.1) is 19.3 Å². The van der Waals surface area contributed by atoms with E-state index in [1.54, 1.807) is 4.90 Å². The number of fused-ring (bicyclic) bond motifs is 1. The molecule has 3 aliphatic rings. The van der Waals surface area contributed by atoms with Crippen molar-refractivity contribution in [1.29, 1.82) is 0 Å². The Bertz CT molecular complexity index is 800. The highest BCUT2D eigenvalue weighted by molar-refractivity contribution is 5.71. The van der Waals surface area contributed by atoms with Gasteiger partial charge in [-0.1, -0.05) is 30.3 Å². The normalized spacial score (nSPS) is 35.3. The third-order valence-corrected chi connectivity index (χ3v) is 5.06. The van der Waals surface area contributed by atoms with Gasteiger partial charge in [0.1, 0.15) is 24.0 Å². The summed E-state index contributed by atoms with van der Waals surface area (Å²) < 4.78 is 5.64. The van der Waals surface area contributed by atoms with Crippen LogP contribution < -0.4 is 11.5 Å². The number of rotatable bonds is 4. The van der Waals surface area contributed by atoms with Crippen LogP contribution >= 0.6 is 0 Å². The summed E-state index contributed by atoms with van der Waals surface area (Å²) in [6.45, 7) is -0.0242. The van der Waals surface area contributed by atoms with Gasteiger partial charge >= 0.3 is 0 Å². The third kappa shape index (κ3) is 2.69. The standard InChI is InChI=1S/C17H22N6O4/c18-15-14-17(19,22(8-21-15)6-10-4-2-1-3-5-10)23(9-20-14)16-13(26)12(25)11(7-24)27-16/h1-5,8-9,11-13,16,24-26H,6-7,18-19H2/t11-,12-,13-,16-,17?/m1/s1. The van der Waals surface area contributed by atoms with Crippen LogP contribution in [-0.2, 0) is 11.3 Å². The molecule has 0 saturated carbocycles. The summed E-state index contributed by atoms with van der Waals surface area (Å²) in [4.78, 5) is 11.7. The number of benzene rings is 1. The highest BCUT2D eigenvalue weighted by Gasteiger charge is 2.56. The molecule has 4 rings (SSSR count). The van der Waals surface area contributed by atoms with Crippen LogP contribution in [0.5, 0.6) is 0 Å². The maximum atomic E-state index is 10.4. The van der Waals surface area contributed by atoms with Crippen molar-refractivity contribution in [2.75, 3.05) is 6.61 Å². The predicted molar refractivity (Wildman–Crippen MR) is 96.7 cm³/mol. The summed E-state index contributed by atoms with van der Waals surface area (Å²) >= 11 is 0. The highest BCUT2D eigenvalue weighted by Crippen LogP contribution is 2.38. The van der Waals surface area contributed by atoms with Crippen LogP contribution in [0.25, 0.3) is 0 Å². The Balaban J connectivity index is 1.68. The Labute approximate surface area is 155 Å². The van der Waals surface area contributed by atoms with Gasteiger partial charge < -0.3 is 30.7 Å². The Kier molecular flexibility index (Phi) is 4.36. The van der Waals surface area contributed by atoms with E-state index < -0.39 is 36.9 Å². The van der Waals surface area contributed by atoms with Gasteiger partial charge in [0.25, 0.3) is 0 Å². The Morgan fingerprint density at radius 2 is 1.85 bits per heavy atom. The second kappa shape index (κ2) is 6.59. The van der Waals surface area contributed by atoms with Gasteiger partial charge in [-0.15, -0.1) is 0 Å². The van der Waals surface area contributed by atoms with Gasteiger partial charge in [0.15, 0.2) is 12.0 Å². The molecule has 27 heavy (non-hydrogen) atoms. The maximum Gasteiger partial charge on any atom is 0.219 e. The van der Waals surface area contributed by atoms with Gasteiger partial charge in [-0.05, 0) is 5.56 Å². The Hall–Kier alpha value is -2.50. The van der Waals surface area contributed by atoms with E-state index in [0.717, 1.165) is 5.56 Å². The van der Waals surface area contributed by atoms with Crippen LogP contribution in [0.15, 0.2) is 51.8 Å². The van der Waals surface area contributed by atoms with Gasteiger partial charge in [-0.25, -0.2) is 9.98 Å². The lowest BCUT2D eigenvalue weighted by atomic mass is 10.1. The SMILES string of the molecule is NC1=C2N=CN([C@@H]3O[C@H](CO)[C@@H](O)[C@H]3O)C2(N)N(Cc2ccccc2)C=N1. The van der Waals surface area contributed by atoms with E-state index in [1.165, 1.54) is 17.6 Å². The molecule has 144 valence electrons. The maximum absolute atomic E-state index is 10.4. The summed E-state index contributed by atoms with van der Waals surface area (Å²) in [6.07, 6.45) is -1.54. The monoisotopic (exact) mass is 374 g/mol. The number of aliphatic imine (C=N–C) groups is 2. The number of aliphatic hydroxyl groups excluding tert-OH is 3. The van der Waals surface area contributed by atoms with Crippen molar-refractivity contribution in [3.63, 3.8) is 0 Å². The van der Waals surface area contributed by atoms with Crippen LogP contribution in [0.3, 0.4) is 0 Å². The molecule has 5 atom stereocenters. The average molecular weight is 374 g/mol. The second-order valence-electron chi connectivity index (χ2n) is 6.70. The average Bonchev–Trinajstić information content (AvgIpc) is 3.17. The smallest absolute Gasteiger partial charge is 0.219 e. The molecule has 7 N–H and O–H groups in total. The molecular formula is C17H22N6O4. The van der Waals surface area contributed by atoms with Gasteiger partial charge in [-0.2, -0.15) is 0 Å². The molecule has 10 heteroatoms. The largest absolute Gasteiger partial charge is 0.394 e. The van der Waals surface area contributed by atoms with Gasteiger partial charge in [0, 0.05) is 6.54 Å². The molecule has 0 spiro atoms. The lowest BCUT2D eigenvalue weighted by Crippen LogP contribution is -2.69. The summed E-state index contributed by atoms with van der Waals surface area (Å²) in [5.41, 5.74) is 14.0. The molecule has 3 heterocycles. The van der Waals surface area contributed by atoms with Crippen LogP contribution in [-0.4, -0.2) is 74.7 Å². The molecule has 0 bridgehead atoms. The fourth-order valence-electron chi connectivity index (χ4n) is 3.56. The minimum absolute atomic E-state index is 0.160. The molecule has 3 aliphatic heterocycles. The van der Waals surface area contributed by atoms with Crippen LogP contribution in [0.4, 0.5) is 0 Å². The number of nitrogens with two attached hydrogens (primary N) is 2. The molecule has 0 radical (unpaired) electrons. The third-order valence-electron chi connectivity index (χ3n) is 5.06. The molecule has 10 nitrogen and oxygen atoms in total. The molecule has 0 aliphatic carbocycles. The van der Waals surface area contributed by atoms with Crippen molar-refractivity contribution < 1.29 is 20.1 Å². The number of nitrogens with zero attached hydrogens (tertiary/aromatic N) is 4. The van der Waals surface area contributed by atoms with Gasteiger partial charge in [0.2, 0.25) is 5.79 Å². The first-order chi connectivity index (χ1) is 13.0. The zero-order valence-electron chi connectivity index (χ0n) is 14.5. The van der Waals surface area contributed by atoms with Crippen molar-refractivity contribution in [2.24, 2.45) is 21.5 Å². The lowest BCUT2D eigenvalue weighted by molar-refractivity contribution is -0.114. The molecule has 1 fully saturated rings. The fourth-order valence-corrected chi connectivity index (χ4v) is 3.56. The van der Waals surface area contributed by atoms with Crippen LogP contribution in [0, 0.1) is 0 Å². The number of aliphatic hydroxyl groups is 3. The number of hydrogen-bond acceptors (Lipinski definition) is 10. The van der Waals surface area contributed by atoms with Crippen molar-refractivity contribution in [1.82, 2.24) is 9.80 Å². The van der Waals surface area contributed by atoms with E-state index in [1.807, 2.05) is 30.3 Å². The fraction of sp³-hybridized carbons (Fsp3) is 0.412. The van der Waals surface area contributed by atoms with E-state index in [-0.39, 0.29) is 5.82 Å². The summed E-state index contributed by atoms with van der Waals surface area (Å²) in [5, 5.41) is 29.9. The summed E-state index contributed by atoms with van der Waals surface area (Å²) in [5.74, 6) is -1.20. The van der Waals surface area contributed by atoms with E-state index in [9.17, 15) is 15.3 Å². The van der Waals surface area contributed by atoms with Crippen LogP contribution in [0.2, 0.25) is 0 Å². The van der Waals surface area contributed by atoms with Crippen LogP contribution in [0.1, 0.15) is 5.56 Å². The topological polar surface area (TPSA) is 153 Å².